The first kappa shape index (κ1) is 13.2. The van der Waals surface area contributed by atoms with Gasteiger partial charge in [0.15, 0.2) is 0 Å². The summed E-state index contributed by atoms with van der Waals surface area (Å²) in [5.41, 5.74) is 0. The van der Waals surface area contributed by atoms with E-state index in [1.165, 1.54) is 18.0 Å². The number of piperidine rings is 1. The summed E-state index contributed by atoms with van der Waals surface area (Å²) in [5.74, 6) is 1.33. The lowest BCUT2D eigenvalue weighted by Crippen LogP contribution is -2.37. The van der Waals surface area contributed by atoms with Gasteiger partial charge in [0.25, 0.3) is 0 Å². The van der Waals surface area contributed by atoms with Crippen LogP contribution in [-0.4, -0.2) is 39.0 Å². The predicted molar refractivity (Wildman–Crippen MR) is 77.1 cm³/mol. The number of rotatable bonds is 4. The molecule has 3 rings (SSSR count). The highest BCUT2D eigenvalue weighted by atomic mass is 32.1. The normalized spacial score (nSPS) is 19.1. The monoisotopic (exact) mass is 291 g/mol. The summed E-state index contributed by atoms with van der Waals surface area (Å²) in [6.07, 6.45) is 5.71. The van der Waals surface area contributed by atoms with Crippen molar-refractivity contribution in [1.29, 1.82) is 0 Å². The summed E-state index contributed by atoms with van der Waals surface area (Å²) in [5, 5.41) is 1.02. The van der Waals surface area contributed by atoms with Crippen LogP contribution in [0, 0.1) is 12.8 Å². The topological polar surface area (TPSA) is 64.0 Å². The molecule has 0 bridgehead atoms. The van der Waals surface area contributed by atoms with E-state index in [1.807, 2.05) is 6.92 Å². The molecule has 2 aromatic heterocycles. The van der Waals surface area contributed by atoms with Crippen LogP contribution in [0.15, 0.2) is 18.5 Å². The number of nitrogens with zero attached hydrogens (tertiary/aromatic N) is 5. The third kappa shape index (κ3) is 3.22. The maximum atomic E-state index is 5.65. The summed E-state index contributed by atoms with van der Waals surface area (Å²) >= 11 is 1.47. The van der Waals surface area contributed by atoms with Crippen LogP contribution >= 0.6 is 11.5 Å². The molecule has 0 radical (unpaired) electrons. The Bertz CT molecular complexity index is 547. The zero-order valence-electron chi connectivity index (χ0n) is 11.4. The molecule has 6 nitrogen and oxygen atoms in total. The SMILES string of the molecule is Cc1nsc(N2CCCC(COc3ncccn3)C2)n1. The molecule has 3 heterocycles. The largest absolute Gasteiger partial charge is 0.463 e. The van der Waals surface area contributed by atoms with Gasteiger partial charge in [0.05, 0.1) is 6.61 Å². The van der Waals surface area contributed by atoms with Gasteiger partial charge in [-0.2, -0.15) is 4.37 Å². The van der Waals surface area contributed by atoms with Crippen molar-refractivity contribution in [2.45, 2.75) is 19.8 Å². The molecular formula is C13H17N5OS. The highest BCUT2D eigenvalue weighted by Gasteiger charge is 2.23. The Hall–Kier alpha value is -1.76. The van der Waals surface area contributed by atoms with Gasteiger partial charge in [-0.15, -0.1) is 0 Å². The van der Waals surface area contributed by atoms with Gasteiger partial charge in [-0.05, 0) is 25.8 Å². The van der Waals surface area contributed by atoms with E-state index in [0.29, 0.717) is 18.5 Å². The predicted octanol–water partition coefficient (Wildman–Crippen LogP) is 1.93. The second-order valence-corrected chi connectivity index (χ2v) is 5.65. The van der Waals surface area contributed by atoms with E-state index in [2.05, 4.69) is 24.2 Å². The molecule has 0 aliphatic carbocycles. The van der Waals surface area contributed by atoms with Gasteiger partial charge in [0, 0.05) is 42.9 Å². The van der Waals surface area contributed by atoms with E-state index in [1.54, 1.807) is 18.5 Å². The van der Waals surface area contributed by atoms with Crippen molar-refractivity contribution in [1.82, 2.24) is 19.3 Å². The van der Waals surface area contributed by atoms with Gasteiger partial charge in [-0.3, -0.25) is 0 Å². The maximum Gasteiger partial charge on any atom is 0.316 e. The van der Waals surface area contributed by atoms with Crippen LogP contribution in [-0.2, 0) is 0 Å². The summed E-state index contributed by atoms with van der Waals surface area (Å²) in [6, 6.07) is 2.24. The summed E-state index contributed by atoms with van der Waals surface area (Å²) in [7, 11) is 0. The zero-order chi connectivity index (χ0) is 13.8. The minimum Gasteiger partial charge on any atom is -0.463 e. The molecule has 0 N–H and O–H groups in total. The Balaban J connectivity index is 1.55. The molecule has 0 saturated carbocycles. The standard InChI is InChI=1S/C13H17N5OS/c1-10-16-13(20-17-10)18-7-2-4-11(8-18)9-19-12-14-5-3-6-15-12/h3,5-6,11H,2,4,7-9H2,1H3. The highest BCUT2D eigenvalue weighted by molar-refractivity contribution is 7.09. The second-order valence-electron chi connectivity index (χ2n) is 4.92. The van der Waals surface area contributed by atoms with Gasteiger partial charge in [0.1, 0.15) is 5.82 Å². The van der Waals surface area contributed by atoms with E-state index in [-0.39, 0.29) is 0 Å². The summed E-state index contributed by atoms with van der Waals surface area (Å²) < 4.78 is 9.90. The van der Waals surface area contributed by atoms with Crippen molar-refractivity contribution in [3.8, 4) is 6.01 Å². The van der Waals surface area contributed by atoms with Crippen LogP contribution in [0.4, 0.5) is 5.13 Å². The molecule has 0 amide bonds. The first-order valence-corrected chi connectivity index (χ1v) is 7.53. The Morgan fingerprint density at radius 2 is 2.25 bits per heavy atom. The average Bonchev–Trinajstić information content (AvgIpc) is 2.93. The van der Waals surface area contributed by atoms with Crippen molar-refractivity contribution in [3.05, 3.63) is 24.3 Å². The lowest BCUT2D eigenvalue weighted by molar-refractivity contribution is 0.214. The van der Waals surface area contributed by atoms with Crippen molar-refractivity contribution in [2.24, 2.45) is 5.92 Å². The average molecular weight is 291 g/mol. The number of ether oxygens (including phenoxy) is 1. The van der Waals surface area contributed by atoms with Gasteiger partial charge in [-0.25, -0.2) is 15.0 Å². The van der Waals surface area contributed by atoms with Crippen molar-refractivity contribution < 1.29 is 4.74 Å². The molecule has 1 atom stereocenters. The molecule has 1 aliphatic heterocycles. The molecule has 1 fully saturated rings. The van der Waals surface area contributed by atoms with E-state index < -0.39 is 0 Å². The Labute approximate surface area is 122 Å². The van der Waals surface area contributed by atoms with Crippen LogP contribution in [0.2, 0.25) is 0 Å². The molecule has 20 heavy (non-hydrogen) atoms. The zero-order valence-corrected chi connectivity index (χ0v) is 12.2. The number of hydrogen-bond donors (Lipinski definition) is 0. The molecule has 0 aromatic carbocycles. The van der Waals surface area contributed by atoms with E-state index in [9.17, 15) is 0 Å². The van der Waals surface area contributed by atoms with Gasteiger partial charge in [0.2, 0.25) is 5.13 Å². The third-order valence-electron chi connectivity index (χ3n) is 3.30. The van der Waals surface area contributed by atoms with Crippen molar-refractivity contribution >= 4 is 16.7 Å². The summed E-state index contributed by atoms with van der Waals surface area (Å²) in [4.78, 5) is 14.9. The minimum atomic E-state index is 0.455. The number of hydrogen-bond acceptors (Lipinski definition) is 7. The van der Waals surface area contributed by atoms with Crippen LogP contribution in [0.1, 0.15) is 18.7 Å². The molecule has 0 spiro atoms. The second kappa shape index (κ2) is 6.13. The minimum absolute atomic E-state index is 0.455. The highest BCUT2D eigenvalue weighted by Crippen LogP contribution is 2.24. The van der Waals surface area contributed by atoms with Crippen LogP contribution in [0.25, 0.3) is 0 Å². The number of aryl methyl sites for hydroxylation is 1. The lowest BCUT2D eigenvalue weighted by Gasteiger charge is -2.31. The molecule has 1 unspecified atom stereocenters. The van der Waals surface area contributed by atoms with Gasteiger partial charge < -0.3 is 9.64 Å². The fourth-order valence-corrected chi connectivity index (χ4v) is 3.05. The number of anilines is 1. The number of aromatic nitrogens is 4. The molecule has 1 aliphatic rings. The van der Waals surface area contributed by atoms with Crippen LogP contribution < -0.4 is 9.64 Å². The first-order chi connectivity index (χ1) is 9.81. The fourth-order valence-electron chi connectivity index (χ4n) is 2.34. The Kier molecular flexibility index (Phi) is 4.05. The molecule has 7 heteroatoms. The Morgan fingerprint density at radius 3 is 3.00 bits per heavy atom. The van der Waals surface area contributed by atoms with E-state index >= 15 is 0 Å². The van der Waals surface area contributed by atoms with E-state index in [4.69, 9.17) is 4.74 Å². The molecule has 2 aromatic rings. The quantitative estimate of drug-likeness (QED) is 0.857. The van der Waals surface area contributed by atoms with Crippen LogP contribution in [0.5, 0.6) is 6.01 Å². The molecule has 106 valence electrons. The van der Waals surface area contributed by atoms with Gasteiger partial charge in [-0.1, -0.05) is 0 Å². The fraction of sp³-hybridized carbons (Fsp3) is 0.538. The van der Waals surface area contributed by atoms with Crippen molar-refractivity contribution in [2.75, 3.05) is 24.6 Å². The lowest BCUT2D eigenvalue weighted by atomic mass is 9.99. The van der Waals surface area contributed by atoms with Crippen LogP contribution in [0.3, 0.4) is 0 Å². The molecular weight excluding hydrogens is 274 g/mol. The first-order valence-electron chi connectivity index (χ1n) is 6.76. The molecule has 1 saturated heterocycles. The maximum absolute atomic E-state index is 5.65. The Morgan fingerprint density at radius 1 is 1.40 bits per heavy atom. The van der Waals surface area contributed by atoms with Gasteiger partial charge >= 0.3 is 6.01 Å². The van der Waals surface area contributed by atoms with E-state index in [0.717, 1.165) is 30.5 Å². The third-order valence-corrected chi connectivity index (χ3v) is 4.16. The van der Waals surface area contributed by atoms with Crippen molar-refractivity contribution in [3.63, 3.8) is 0 Å². The smallest absolute Gasteiger partial charge is 0.316 e. The summed E-state index contributed by atoms with van der Waals surface area (Å²) in [6.45, 7) is 4.59.